The second-order valence-corrected chi connectivity index (χ2v) is 9.31. The molecule has 0 fully saturated rings. The number of ether oxygens (including phenoxy) is 1. The van der Waals surface area contributed by atoms with Crippen LogP contribution in [0, 0.1) is 0 Å². The van der Waals surface area contributed by atoms with Gasteiger partial charge in [-0.25, -0.2) is 9.59 Å². The van der Waals surface area contributed by atoms with E-state index in [1.54, 1.807) is 0 Å². The topological polar surface area (TPSA) is 182 Å². The fourth-order valence-corrected chi connectivity index (χ4v) is 4.56. The Morgan fingerprint density at radius 3 is 1.95 bits per heavy atom. The van der Waals surface area contributed by atoms with Crippen LogP contribution in [-0.4, -0.2) is 76.9 Å². The summed E-state index contributed by atoms with van der Waals surface area (Å²) >= 11 is 0. The number of alkyl carbamates (subject to hydrolysis) is 1. The Morgan fingerprint density at radius 1 is 0.974 bits per heavy atom. The molecule has 0 saturated carbocycles. The average molecular weight is 537 g/mol. The summed E-state index contributed by atoms with van der Waals surface area (Å²) in [6, 6.07) is 9.05. The summed E-state index contributed by atoms with van der Waals surface area (Å²) in [7, 11) is 0. The van der Waals surface area contributed by atoms with Crippen molar-refractivity contribution in [2.75, 3.05) is 13.2 Å². The largest absolute Gasteiger partial charge is 0.479 e. The van der Waals surface area contributed by atoms with Gasteiger partial charge in [0.05, 0.1) is 12.1 Å². The monoisotopic (exact) mass is 536 g/mol. The number of ketones is 2. The molecule has 6 N–H and O–H groups in total. The number of hydrogen-bond donors (Lipinski definition) is 4. The van der Waals surface area contributed by atoms with Crippen LogP contribution in [0.15, 0.2) is 61.2 Å². The van der Waals surface area contributed by atoms with Gasteiger partial charge in [0.1, 0.15) is 6.61 Å². The SMILES string of the molecule is C=CCN(C(=O)[C@H](NC(=O)OCC1c2ccccc2-c2ccccc21)C(=O)[C@H](C)N)[C@H](C(=O)O)C(=O)[C@H](C)N. The van der Waals surface area contributed by atoms with Crippen LogP contribution in [0.2, 0.25) is 0 Å². The van der Waals surface area contributed by atoms with Crippen LogP contribution < -0.4 is 16.8 Å². The van der Waals surface area contributed by atoms with Gasteiger partial charge >= 0.3 is 12.1 Å². The van der Waals surface area contributed by atoms with E-state index < -0.39 is 60.2 Å². The maximum absolute atomic E-state index is 13.5. The maximum Gasteiger partial charge on any atom is 0.408 e. The minimum atomic E-state index is -2.01. The van der Waals surface area contributed by atoms with Crippen LogP contribution in [0.1, 0.15) is 30.9 Å². The Bertz CT molecular complexity index is 1240. The van der Waals surface area contributed by atoms with Crippen molar-refractivity contribution >= 4 is 29.5 Å². The highest BCUT2D eigenvalue weighted by molar-refractivity contribution is 6.13. The smallest absolute Gasteiger partial charge is 0.408 e. The number of nitrogens with one attached hydrogen (secondary N) is 1. The minimum Gasteiger partial charge on any atom is -0.479 e. The Hall–Kier alpha value is -4.35. The van der Waals surface area contributed by atoms with Crippen molar-refractivity contribution in [1.82, 2.24) is 10.2 Å². The van der Waals surface area contributed by atoms with Gasteiger partial charge in [-0.1, -0.05) is 54.6 Å². The lowest BCUT2D eigenvalue weighted by atomic mass is 9.98. The Balaban J connectivity index is 1.84. The third kappa shape index (κ3) is 6.21. The zero-order valence-corrected chi connectivity index (χ0v) is 21.7. The van der Waals surface area contributed by atoms with E-state index >= 15 is 0 Å². The number of aliphatic carboxylic acids is 1. The standard InChI is InChI=1S/C28H32N4O7/c1-4-13-32(23(27(36)37)25(34)16(3)30)26(35)22(24(33)15(2)29)31-28(38)39-14-21-19-11-7-5-9-17(19)18-10-6-8-12-20(18)21/h4-12,15-16,21-23H,1,13-14,29-30H2,2-3H3,(H,31,38)(H,36,37)/t15-,16-,22+,23-/m0/s1. The van der Waals surface area contributed by atoms with Crippen LogP contribution in [0.4, 0.5) is 4.79 Å². The lowest BCUT2D eigenvalue weighted by molar-refractivity contribution is -0.156. The normalized spacial score (nSPS) is 15.1. The Morgan fingerprint density at radius 2 is 1.49 bits per heavy atom. The summed E-state index contributed by atoms with van der Waals surface area (Å²) in [6.07, 6.45) is 0.0939. The van der Waals surface area contributed by atoms with Crippen molar-refractivity contribution in [3.8, 4) is 11.1 Å². The zero-order valence-electron chi connectivity index (χ0n) is 21.7. The number of amides is 2. The third-order valence-electron chi connectivity index (χ3n) is 6.46. The highest BCUT2D eigenvalue weighted by atomic mass is 16.5. The van der Waals surface area contributed by atoms with Gasteiger partial charge in [0.2, 0.25) is 0 Å². The van der Waals surface area contributed by atoms with Crippen LogP contribution in [0.25, 0.3) is 11.1 Å². The second-order valence-electron chi connectivity index (χ2n) is 9.31. The van der Waals surface area contributed by atoms with Gasteiger partial charge in [0.25, 0.3) is 5.91 Å². The summed E-state index contributed by atoms with van der Waals surface area (Å²) in [6.45, 7) is 5.56. The summed E-state index contributed by atoms with van der Waals surface area (Å²) < 4.78 is 5.45. The van der Waals surface area contributed by atoms with E-state index in [2.05, 4.69) is 11.9 Å². The molecule has 1 aliphatic carbocycles. The molecule has 11 nitrogen and oxygen atoms in total. The zero-order chi connectivity index (χ0) is 28.9. The fraction of sp³-hybridized carbons (Fsp3) is 0.321. The summed E-state index contributed by atoms with van der Waals surface area (Å²) in [5, 5.41) is 11.9. The number of nitrogens with zero attached hydrogens (tertiary/aromatic N) is 1. The molecule has 0 unspecified atom stereocenters. The number of benzene rings is 2. The van der Waals surface area contributed by atoms with E-state index in [0.29, 0.717) is 4.90 Å². The lowest BCUT2D eigenvalue weighted by Gasteiger charge is -2.31. The lowest BCUT2D eigenvalue weighted by Crippen LogP contribution is -2.62. The minimum absolute atomic E-state index is 0.0928. The van der Waals surface area contributed by atoms with Crippen molar-refractivity contribution in [2.24, 2.45) is 11.5 Å². The first kappa shape index (κ1) is 29.2. The molecule has 4 atom stereocenters. The maximum atomic E-state index is 13.5. The van der Waals surface area contributed by atoms with Crippen LogP contribution in [0.3, 0.4) is 0 Å². The molecule has 3 rings (SSSR count). The molecule has 0 radical (unpaired) electrons. The molecule has 0 aliphatic heterocycles. The fourth-order valence-electron chi connectivity index (χ4n) is 4.56. The van der Waals surface area contributed by atoms with Crippen molar-refractivity contribution < 1.29 is 33.8 Å². The molecule has 2 amide bonds. The third-order valence-corrected chi connectivity index (χ3v) is 6.46. The molecular formula is C28H32N4O7. The van der Waals surface area contributed by atoms with E-state index in [0.717, 1.165) is 22.3 Å². The van der Waals surface area contributed by atoms with E-state index in [-0.39, 0.29) is 12.5 Å². The number of carbonyl (C=O) groups excluding carboxylic acids is 4. The number of carboxylic acids is 1. The van der Waals surface area contributed by atoms with Gasteiger partial charge < -0.3 is 31.5 Å². The molecule has 0 spiro atoms. The molecule has 11 heteroatoms. The van der Waals surface area contributed by atoms with E-state index in [9.17, 15) is 29.1 Å². The van der Waals surface area contributed by atoms with Gasteiger partial charge in [-0.15, -0.1) is 6.58 Å². The summed E-state index contributed by atoms with van der Waals surface area (Å²) in [5.74, 6) is -4.96. The number of carboxylic acid groups (broad SMARTS) is 1. The molecule has 2 aromatic rings. The number of nitrogens with two attached hydrogens (primary N) is 2. The van der Waals surface area contributed by atoms with Crippen LogP contribution in [0.5, 0.6) is 0 Å². The second kappa shape index (κ2) is 12.5. The molecule has 0 aromatic heterocycles. The molecule has 1 aliphatic rings. The van der Waals surface area contributed by atoms with Crippen LogP contribution >= 0.6 is 0 Å². The quantitative estimate of drug-likeness (QED) is 0.229. The molecular weight excluding hydrogens is 504 g/mol. The molecule has 2 aromatic carbocycles. The highest BCUT2D eigenvalue weighted by Gasteiger charge is 2.42. The molecule has 39 heavy (non-hydrogen) atoms. The molecule has 0 heterocycles. The first-order valence-electron chi connectivity index (χ1n) is 12.3. The van der Waals surface area contributed by atoms with E-state index in [4.69, 9.17) is 16.2 Å². The number of rotatable bonds is 12. The van der Waals surface area contributed by atoms with E-state index in [1.165, 1.54) is 19.9 Å². The molecule has 0 saturated heterocycles. The van der Waals surface area contributed by atoms with E-state index in [1.807, 2.05) is 48.5 Å². The Labute approximate surface area is 225 Å². The van der Waals surface area contributed by atoms with Gasteiger partial charge in [0, 0.05) is 12.5 Å². The number of hydrogen-bond acceptors (Lipinski definition) is 8. The Kier molecular flexibility index (Phi) is 9.33. The number of fused-ring (bicyclic) bond motifs is 3. The summed E-state index contributed by atoms with van der Waals surface area (Å²) in [5.41, 5.74) is 15.2. The van der Waals surface area contributed by atoms with Crippen molar-refractivity contribution in [3.63, 3.8) is 0 Å². The van der Waals surface area contributed by atoms with Crippen molar-refractivity contribution in [3.05, 3.63) is 72.3 Å². The van der Waals surface area contributed by atoms with Crippen LogP contribution in [-0.2, 0) is 23.9 Å². The molecule has 0 bridgehead atoms. The predicted octanol–water partition coefficient (Wildman–Crippen LogP) is 1.19. The highest BCUT2D eigenvalue weighted by Crippen LogP contribution is 2.44. The number of Topliss-reactive ketones (excluding diaryl/α,β-unsaturated/α-hetero) is 2. The first-order valence-corrected chi connectivity index (χ1v) is 12.3. The molecule has 206 valence electrons. The van der Waals surface area contributed by atoms with Crippen molar-refractivity contribution in [1.29, 1.82) is 0 Å². The first-order chi connectivity index (χ1) is 18.5. The summed E-state index contributed by atoms with van der Waals surface area (Å²) in [4.78, 5) is 64.3. The van der Waals surface area contributed by atoms with Gasteiger partial charge in [-0.3, -0.25) is 14.4 Å². The van der Waals surface area contributed by atoms with Gasteiger partial charge in [0.15, 0.2) is 23.7 Å². The van der Waals surface area contributed by atoms with Gasteiger partial charge in [-0.05, 0) is 36.1 Å². The van der Waals surface area contributed by atoms with Gasteiger partial charge in [-0.2, -0.15) is 0 Å². The average Bonchev–Trinajstić information content (AvgIpc) is 3.22. The number of carbonyl (C=O) groups is 5. The van der Waals surface area contributed by atoms with Crippen molar-refractivity contribution in [2.45, 2.75) is 43.9 Å². The predicted molar refractivity (Wildman–Crippen MR) is 143 cm³/mol.